The molecular formula is C29H20N2O7S2. The van der Waals surface area contributed by atoms with Crippen molar-refractivity contribution in [3.63, 3.8) is 0 Å². The summed E-state index contributed by atoms with van der Waals surface area (Å²) in [4.78, 5) is 19.0. The first kappa shape index (κ1) is 25.4. The number of fused-ring (bicyclic) bond motifs is 2. The van der Waals surface area contributed by atoms with Gasteiger partial charge in [-0.2, -0.15) is 16.8 Å². The number of carbonyl (C=O) groups excluding carboxylic acids is 1. The summed E-state index contributed by atoms with van der Waals surface area (Å²) in [7, 11) is -9.11. The van der Waals surface area contributed by atoms with Crippen LogP contribution in [0.2, 0.25) is 0 Å². The van der Waals surface area contributed by atoms with Crippen molar-refractivity contribution >= 4 is 47.8 Å². The fraction of sp³-hybridized carbons (Fsp3) is 0. The summed E-state index contributed by atoms with van der Waals surface area (Å²) >= 11 is 0. The molecule has 2 aromatic heterocycles. The molecule has 40 heavy (non-hydrogen) atoms. The molecule has 0 atom stereocenters. The van der Waals surface area contributed by atoms with E-state index in [1.54, 1.807) is 72.8 Å². The normalized spacial score (nSPS) is 12.0. The molecular weight excluding hydrogens is 552 g/mol. The lowest BCUT2D eigenvalue weighted by atomic mass is 10.2. The second kappa shape index (κ2) is 9.70. The Kier molecular flexibility index (Phi) is 6.16. The van der Waals surface area contributed by atoms with Crippen LogP contribution in [0, 0.1) is 0 Å². The second-order valence-electron chi connectivity index (χ2n) is 8.78. The fourth-order valence-electron chi connectivity index (χ4n) is 4.49. The molecule has 0 spiro atoms. The highest BCUT2D eigenvalue weighted by Gasteiger charge is 2.35. The zero-order valence-electron chi connectivity index (χ0n) is 20.6. The average molecular weight is 573 g/mol. The molecule has 0 fully saturated rings. The summed E-state index contributed by atoms with van der Waals surface area (Å²) in [5.74, 6) is -0.800. The van der Waals surface area contributed by atoms with Crippen molar-refractivity contribution in [2.75, 3.05) is 0 Å². The van der Waals surface area contributed by atoms with Gasteiger partial charge in [-0.25, -0.2) is 0 Å². The molecule has 0 radical (unpaired) electrons. The molecule has 11 heteroatoms. The van der Waals surface area contributed by atoms with Gasteiger partial charge in [-0.3, -0.25) is 4.79 Å². The molecule has 6 aromatic rings. The van der Waals surface area contributed by atoms with Crippen LogP contribution in [0.15, 0.2) is 119 Å². The van der Waals surface area contributed by atoms with Gasteiger partial charge in [-0.15, -0.1) is 0 Å². The fourth-order valence-corrected chi connectivity index (χ4v) is 7.06. The van der Waals surface area contributed by atoms with E-state index in [0.29, 0.717) is 11.0 Å². The average Bonchev–Trinajstić information content (AvgIpc) is 3.54. The lowest BCUT2D eigenvalue weighted by Gasteiger charge is -2.10. The van der Waals surface area contributed by atoms with E-state index in [2.05, 4.69) is 9.97 Å². The van der Waals surface area contributed by atoms with Crippen LogP contribution in [0.3, 0.4) is 0 Å². The zero-order valence-corrected chi connectivity index (χ0v) is 22.2. The van der Waals surface area contributed by atoms with E-state index in [1.165, 1.54) is 36.4 Å². The topological polar surface area (TPSA) is 135 Å². The molecule has 0 saturated heterocycles. The Morgan fingerprint density at radius 3 is 1.25 bits per heavy atom. The predicted molar refractivity (Wildman–Crippen MR) is 149 cm³/mol. The van der Waals surface area contributed by atoms with E-state index in [1.807, 2.05) is 0 Å². The quantitative estimate of drug-likeness (QED) is 0.184. The van der Waals surface area contributed by atoms with E-state index < -0.39 is 35.8 Å². The van der Waals surface area contributed by atoms with Crippen molar-refractivity contribution in [2.45, 2.75) is 9.79 Å². The third-order valence-corrected chi connectivity index (χ3v) is 8.84. The number of aromatic amines is 2. The molecule has 2 N–H and O–H groups in total. The van der Waals surface area contributed by atoms with Crippen LogP contribution in [-0.2, 0) is 20.2 Å². The van der Waals surface area contributed by atoms with Gasteiger partial charge in [0.2, 0.25) is 5.78 Å². The third kappa shape index (κ3) is 4.51. The van der Waals surface area contributed by atoms with E-state index in [9.17, 15) is 21.6 Å². The van der Waals surface area contributed by atoms with Crippen molar-refractivity contribution < 1.29 is 30.0 Å². The number of H-pyrrole nitrogens is 2. The van der Waals surface area contributed by atoms with Gasteiger partial charge in [-0.05, 0) is 36.4 Å². The molecule has 0 aliphatic rings. The highest BCUT2D eigenvalue weighted by molar-refractivity contribution is 7.87. The first-order valence-corrected chi connectivity index (χ1v) is 14.8. The maximum absolute atomic E-state index is 14.1. The van der Waals surface area contributed by atoms with E-state index in [4.69, 9.17) is 8.37 Å². The summed E-state index contributed by atoms with van der Waals surface area (Å²) < 4.78 is 65.1. The molecule has 0 amide bonds. The van der Waals surface area contributed by atoms with E-state index in [-0.39, 0.29) is 33.7 Å². The van der Waals surface area contributed by atoms with Crippen LogP contribution < -0.4 is 8.37 Å². The maximum Gasteiger partial charge on any atom is 0.342 e. The van der Waals surface area contributed by atoms with Crippen LogP contribution >= 0.6 is 0 Å². The summed E-state index contributed by atoms with van der Waals surface area (Å²) in [6, 6.07) is 28.6. The van der Waals surface area contributed by atoms with E-state index in [0.717, 1.165) is 0 Å². The molecule has 0 aliphatic heterocycles. The number of aromatic nitrogens is 2. The molecule has 4 aromatic carbocycles. The molecule has 6 rings (SSSR count). The van der Waals surface area contributed by atoms with E-state index >= 15 is 0 Å². The summed E-state index contributed by atoms with van der Waals surface area (Å²) in [6.07, 6.45) is 0. The molecule has 0 bridgehead atoms. The Balaban J connectivity index is 1.55. The number of rotatable bonds is 8. The smallest absolute Gasteiger partial charge is 0.342 e. The van der Waals surface area contributed by atoms with Crippen molar-refractivity contribution in [2.24, 2.45) is 0 Å². The SMILES string of the molecule is O=C(c1[nH]c2ccccc2c1S(=O)(=O)Oc1ccccc1)c1[nH]c2ccccc2c1S(=O)(=O)Oc1ccccc1. The molecule has 200 valence electrons. The van der Waals surface area contributed by atoms with Crippen LogP contribution in [0.5, 0.6) is 11.5 Å². The summed E-state index contributed by atoms with van der Waals surface area (Å²) in [6.45, 7) is 0. The minimum atomic E-state index is -4.55. The van der Waals surface area contributed by atoms with Gasteiger partial charge in [0.1, 0.15) is 32.7 Å². The van der Waals surface area contributed by atoms with Gasteiger partial charge in [0.15, 0.2) is 0 Å². The standard InChI is InChI=1S/C29H20N2O7S2/c32-27(25-28(21-15-7-9-17-23(21)30-25)39(33,34)37-19-11-3-1-4-12-19)26-29(22-16-8-10-18-24(22)31-26)40(35,36)38-20-13-5-2-6-14-20/h1-18,30-31H. The number of carbonyl (C=O) groups is 1. The Morgan fingerprint density at radius 2 is 0.850 bits per heavy atom. The molecule has 2 heterocycles. The van der Waals surface area contributed by atoms with Gasteiger partial charge >= 0.3 is 20.2 Å². The monoisotopic (exact) mass is 572 g/mol. The highest BCUT2D eigenvalue weighted by atomic mass is 32.2. The molecule has 9 nitrogen and oxygen atoms in total. The van der Waals surface area contributed by atoms with Crippen molar-refractivity contribution in [3.05, 3.63) is 121 Å². The Labute approximate surface area is 229 Å². The summed E-state index contributed by atoms with van der Waals surface area (Å²) in [5.41, 5.74) is -0.0241. The number of nitrogens with one attached hydrogen (secondary N) is 2. The summed E-state index contributed by atoms with van der Waals surface area (Å²) in [5, 5.41) is 0.422. The van der Waals surface area contributed by atoms with Gasteiger partial charge in [-0.1, -0.05) is 72.8 Å². The number of ketones is 1. The largest absolute Gasteiger partial charge is 0.379 e. The first-order chi connectivity index (χ1) is 19.2. The van der Waals surface area contributed by atoms with Gasteiger partial charge in [0, 0.05) is 21.8 Å². The number of hydrogen-bond acceptors (Lipinski definition) is 7. The number of para-hydroxylation sites is 4. The van der Waals surface area contributed by atoms with Crippen LogP contribution in [0.4, 0.5) is 0 Å². The molecule has 0 unspecified atom stereocenters. The Hall–Kier alpha value is -4.87. The second-order valence-corrected chi connectivity index (χ2v) is 11.7. The van der Waals surface area contributed by atoms with Gasteiger partial charge < -0.3 is 18.3 Å². The zero-order chi connectivity index (χ0) is 27.9. The highest BCUT2D eigenvalue weighted by Crippen LogP contribution is 2.35. The van der Waals surface area contributed by atoms with Crippen LogP contribution in [0.1, 0.15) is 16.2 Å². The minimum Gasteiger partial charge on any atom is -0.379 e. The Bertz CT molecular complexity index is 1950. The van der Waals surface area contributed by atoms with Crippen molar-refractivity contribution in [3.8, 4) is 11.5 Å². The number of benzene rings is 4. The van der Waals surface area contributed by atoms with Crippen molar-refractivity contribution in [1.29, 1.82) is 0 Å². The number of hydrogen-bond donors (Lipinski definition) is 2. The third-order valence-electron chi connectivity index (χ3n) is 6.17. The van der Waals surface area contributed by atoms with Crippen LogP contribution in [-0.4, -0.2) is 32.6 Å². The molecule has 0 aliphatic carbocycles. The lowest BCUT2D eigenvalue weighted by Crippen LogP contribution is -2.18. The van der Waals surface area contributed by atoms with Gasteiger partial charge in [0.25, 0.3) is 0 Å². The van der Waals surface area contributed by atoms with Gasteiger partial charge in [0.05, 0.1) is 0 Å². The first-order valence-electron chi connectivity index (χ1n) is 12.0. The lowest BCUT2D eigenvalue weighted by molar-refractivity contribution is 0.102. The maximum atomic E-state index is 14.1. The van der Waals surface area contributed by atoms with Crippen LogP contribution in [0.25, 0.3) is 21.8 Å². The Morgan fingerprint density at radius 1 is 0.500 bits per heavy atom. The van der Waals surface area contributed by atoms with Crippen molar-refractivity contribution in [1.82, 2.24) is 9.97 Å². The minimum absolute atomic E-state index is 0.0521. The predicted octanol–water partition coefficient (Wildman–Crippen LogP) is 5.42. The molecule has 0 saturated carbocycles.